The number of rotatable bonds is 13. The molecule has 0 unspecified atom stereocenters. The number of anilines is 4. The molecule has 3 heterocycles. The van der Waals surface area contributed by atoms with Gasteiger partial charge in [0.15, 0.2) is 0 Å². The maximum Gasteiger partial charge on any atom is 0.135 e. The fourth-order valence-corrected chi connectivity index (χ4v) is 13.1. The second-order valence-electron chi connectivity index (χ2n) is 24.5. The average Bonchev–Trinajstić information content (AvgIpc) is 4.24. The zero-order valence-electron chi connectivity index (χ0n) is 48.7. The average molecular weight is 1250 g/mol. The summed E-state index contributed by atoms with van der Waals surface area (Å²) < 4.78 is 9.28. The summed E-state index contributed by atoms with van der Waals surface area (Å²) in [6.07, 6.45) is 1.92. The van der Waals surface area contributed by atoms with Gasteiger partial charge in [0.25, 0.3) is 0 Å². The van der Waals surface area contributed by atoms with Crippen molar-refractivity contribution in [2.24, 2.45) is 11.8 Å². The number of hydrogen-bond acceptors (Lipinski definition) is 4. The Hall–Kier alpha value is -7.98. The molecule has 9 aromatic carbocycles. The number of nitrogens with zero attached hydrogens (tertiary/aromatic N) is 4. The van der Waals surface area contributed by atoms with E-state index < -0.39 is 10.8 Å². The van der Waals surface area contributed by atoms with Crippen LogP contribution in [0, 0.1) is 30.6 Å². The summed E-state index contributed by atoms with van der Waals surface area (Å²) in [5, 5.41) is 2.22. The van der Waals surface area contributed by atoms with Gasteiger partial charge < -0.3 is 19.1 Å². The van der Waals surface area contributed by atoms with Crippen molar-refractivity contribution < 1.29 is 25.8 Å². The van der Waals surface area contributed by atoms with Crippen LogP contribution >= 0.6 is 0 Å². The number of para-hydroxylation sites is 4. The normalized spacial score (nSPS) is 13.0. The van der Waals surface area contributed by atoms with Crippen LogP contribution in [0.2, 0.25) is 0 Å². The van der Waals surface area contributed by atoms with Crippen LogP contribution in [0.25, 0.3) is 27.6 Å². The van der Waals surface area contributed by atoms with E-state index in [0.717, 1.165) is 55.9 Å². The summed E-state index contributed by atoms with van der Waals surface area (Å²) in [6, 6.07) is 89.7. The first-order chi connectivity index (χ1) is 39.1. The summed E-state index contributed by atoms with van der Waals surface area (Å²) in [5.41, 5.74) is 14.3. The fraction of sp³-hybridized carbons (Fsp3) is 0.211. The second kappa shape index (κ2) is 22.1. The summed E-state index contributed by atoms with van der Waals surface area (Å²) in [4.78, 5) is 9.76. The van der Waals surface area contributed by atoms with Gasteiger partial charge >= 0.3 is 0 Å². The topological polar surface area (TPSA) is 33.5 Å². The molecular formula is C76H71N4OPt-3. The van der Waals surface area contributed by atoms with Gasteiger partial charge in [-0.25, -0.2) is 4.98 Å². The Kier molecular flexibility index (Phi) is 15.0. The number of ether oxygens (including phenoxy) is 1. The maximum atomic E-state index is 7.06. The van der Waals surface area contributed by atoms with E-state index in [2.05, 4.69) is 321 Å². The van der Waals surface area contributed by atoms with Crippen LogP contribution in [0.5, 0.6) is 11.5 Å². The van der Waals surface area contributed by atoms with Crippen molar-refractivity contribution in [1.82, 2.24) is 9.55 Å². The molecule has 0 atom stereocenters. The Morgan fingerprint density at radius 3 is 1.44 bits per heavy atom. The number of fused-ring (bicyclic) bond motifs is 4. The standard InChI is InChI=1S/C76H71N4O.Pt/c1-52(2)75(54-28-15-11-16-29-54,55-30-17-12-18-31-55)65-37-27-38-66(76(53(3)4,56-32-19-13-20-33-56)57-34-21-14-22-35-57)72(65)79-51-78(68-40-25-26-41-69(68)79)60-46-59(74(8,9)10)47-62(49-60)81-61-42-43-64-63-36-23-24-39-67(63)80(70(64)50-61)71-48-58(44-45-77-71)73(5,6)7;/h11-48,51-53H,1-10H3;/q-3;. The molecule has 0 radical (unpaired) electrons. The van der Waals surface area contributed by atoms with Crippen molar-refractivity contribution in [2.45, 2.75) is 90.9 Å². The van der Waals surface area contributed by atoms with Gasteiger partial charge in [-0.15, -0.1) is 53.6 Å². The monoisotopic (exact) mass is 1250 g/mol. The minimum absolute atomic E-state index is 0. The van der Waals surface area contributed by atoms with Crippen LogP contribution < -0.4 is 14.5 Å². The first-order valence-electron chi connectivity index (χ1n) is 28.7. The molecule has 0 amide bonds. The number of aromatic nitrogens is 2. The number of benzene rings is 9. The number of hydrogen-bond donors (Lipinski definition) is 0. The largest absolute Gasteiger partial charge is 0.509 e. The van der Waals surface area contributed by atoms with Crippen molar-refractivity contribution >= 4 is 44.6 Å². The first kappa shape index (κ1) is 55.9. The van der Waals surface area contributed by atoms with Gasteiger partial charge in [0, 0.05) is 72.2 Å². The predicted molar refractivity (Wildman–Crippen MR) is 337 cm³/mol. The molecule has 0 bridgehead atoms. The molecule has 5 nitrogen and oxygen atoms in total. The predicted octanol–water partition coefficient (Wildman–Crippen LogP) is 19.6. The molecule has 11 aromatic rings. The van der Waals surface area contributed by atoms with Crippen LogP contribution in [-0.2, 0) is 42.7 Å². The van der Waals surface area contributed by atoms with E-state index in [1.165, 1.54) is 38.9 Å². The molecule has 414 valence electrons. The molecule has 0 spiro atoms. The van der Waals surface area contributed by atoms with Crippen molar-refractivity contribution in [3.63, 3.8) is 0 Å². The molecule has 2 aromatic heterocycles. The molecule has 0 N–H and O–H groups in total. The van der Waals surface area contributed by atoms with Crippen LogP contribution in [0.1, 0.15) is 114 Å². The maximum absolute atomic E-state index is 7.06. The van der Waals surface area contributed by atoms with Crippen molar-refractivity contribution in [3.8, 4) is 17.3 Å². The van der Waals surface area contributed by atoms with E-state index in [4.69, 9.17) is 9.72 Å². The molecule has 0 saturated carbocycles. The molecular weight excluding hydrogens is 1180 g/mol. The molecule has 1 aliphatic rings. The van der Waals surface area contributed by atoms with Gasteiger partial charge in [-0.2, -0.15) is 6.07 Å². The molecule has 0 saturated heterocycles. The van der Waals surface area contributed by atoms with E-state index in [0.29, 0.717) is 11.5 Å². The third-order valence-corrected chi connectivity index (χ3v) is 17.0. The SMILES string of the molecule is CC(C)C(c1ccccc1)(c1ccccc1)c1cccc(C(c2ccccc2)(c2ccccc2)C(C)C)c1N1[CH-]N(c2[c-]c(Oc3[c-]c4c(cc3)c3ccccc3n4-c3cc(C(C)(C)C)ccn3)cc(C(C)(C)C)c2)c2ccccc21.[Pt]. The van der Waals surface area contributed by atoms with E-state index in [1.807, 2.05) is 12.3 Å². The van der Waals surface area contributed by atoms with E-state index in [1.54, 1.807) is 0 Å². The van der Waals surface area contributed by atoms with Crippen LogP contribution in [-0.4, -0.2) is 9.55 Å². The zero-order chi connectivity index (χ0) is 56.3. The Morgan fingerprint density at radius 2 is 0.927 bits per heavy atom. The molecule has 1 aliphatic heterocycles. The van der Waals surface area contributed by atoms with Gasteiger partial charge in [0.1, 0.15) is 5.82 Å². The Bertz CT molecular complexity index is 3850. The van der Waals surface area contributed by atoms with Crippen LogP contribution in [0.15, 0.2) is 231 Å². The molecule has 0 fully saturated rings. The third kappa shape index (κ3) is 9.55. The Morgan fingerprint density at radius 1 is 0.439 bits per heavy atom. The van der Waals surface area contributed by atoms with Gasteiger partial charge in [-0.3, -0.25) is 0 Å². The molecule has 6 heteroatoms. The summed E-state index contributed by atoms with van der Waals surface area (Å²) in [7, 11) is 0. The van der Waals surface area contributed by atoms with Gasteiger partial charge in [-0.1, -0.05) is 245 Å². The fourth-order valence-electron chi connectivity index (χ4n) is 13.1. The quantitative estimate of drug-likeness (QED) is 0.0851. The van der Waals surface area contributed by atoms with Crippen molar-refractivity contribution in [1.29, 1.82) is 0 Å². The van der Waals surface area contributed by atoms with Crippen LogP contribution in [0.4, 0.5) is 22.7 Å². The summed E-state index contributed by atoms with van der Waals surface area (Å²) >= 11 is 0. The summed E-state index contributed by atoms with van der Waals surface area (Å²) in [6.45, 7) is 25.4. The first-order valence-corrected chi connectivity index (χ1v) is 28.7. The molecule has 82 heavy (non-hydrogen) atoms. The summed E-state index contributed by atoms with van der Waals surface area (Å²) in [5.74, 6) is 2.28. The van der Waals surface area contributed by atoms with Gasteiger partial charge in [0.2, 0.25) is 0 Å². The minimum Gasteiger partial charge on any atom is -0.509 e. The van der Waals surface area contributed by atoms with Gasteiger partial charge in [0.05, 0.1) is 0 Å². The number of pyridine rings is 1. The van der Waals surface area contributed by atoms with Crippen molar-refractivity contribution in [2.75, 3.05) is 9.80 Å². The van der Waals surface area contributed by atoms with Gasteiger partial charge in [-0.05, 0) is 97.3 Å². The minimum atomic E-state index is -0.603. The van der Waals surface area contributed by atoms with E-state index in [-0.39, 0.29) is 43.7 Å². The van der Waals surface area contributed by atoms with E-state index >= 15 is 0 Å². The van der Waals surface area contributed by atoms with Crippen LogP contribution in [0.3, 0.4) is 0 Å². The smallest absolute Gasteiger partial charge is 0.135 e. The Labute approximate surface area is 500 Å². The Balaban J connectivity index is 0.00000705. The van der Waals surface area contributed by atoms with Crippen molar-refractivity contribution in [3.05, 3.63) is 294 Å². The molecule has 12 rings (SSSR count). The second-order valence-corrected chi connectivity index (χ2v) is 24.5. The third-order valence-electron chi connectivity index (χ3n) is 17.0. The van der Waals surface area contributed by atoms with E-state index in [9.17, 15) is 0 Å². The molecule has 0 aliphatic carbocycles. The zero-order valence-corrected chi connectivity index (χ0v) is 51.0.